The smallest absolute Gasteiger partial charge is 0.254 e. The van der Waals surface area contributed by atoms with Gasteiger partial charge < -0.3 is 5.73 Å². The van der Waals surface area contributed by atoms with Crippen LogP contribution in [0, 0.1) is 0 Å². The first-order valence-electron chi connectivity index (χ1n) is 7.98. The number of hydrogen-bond acceptors (Lipinski definition) is 6. The summed E-state index contributed by atoms with van der Waals surface area (Å²) in [5, 5.41) is 4.36. The highest BCUT2D eigenvalue weighted by atomic mass is 32.1. The van der Waals surface area contributed by atoms with E-state index in [0.29, 0.717) is 11.2 Å². The van der Waals surface area contributed by atoms with Crippen molar-refractivity contribution in [2.45, 2.75) is 31.8 Å². The minimum atomic E-state index is -0.500. The van der Waals surface area contributed by atoms with Crippen molar-refractivity contribution < 1.29 is 4.79 Å². The fourth-order valence-corrected chi connectivity index (χ4v) is 3.99. The molecule has 24 heavy (non-hydrogen) atoms. The Morgan fingerprint density at radius 1 is 1.38 bits per heavy atom. The Balaban J connectivity index is 1.72. The molecular weight excluding hydrogens is 324 g/mol. The zero-order valence-corrected chi connectivity index (χ0v) is 13.9. The number of nitrogens with two attached hydrogens (primary N) is 1. The van der Waals surface area contributed by atoms with Gasteiger partial charge in [-0.05, 0) is 25.5 Å². The van der Waals surface area contributed by atoms with E-state index in [2.05, 4.69) is 20.0 Å². The first-order valence-corrected chi connectivity index (χ1v) is 8.86. The SMILES string of the molecule is NC(=O)c1cnn2c([C@@H]3CCCCN3Cc3cncs3)ccnc12. The first kappa shape index (κ1) is 15.2. The topological polar surface area (TPSA) is 89.4 Å². The number of aromatic nitrogens is 4. The van der Waals surface area contributed by atoms with E-state index in [1.165, 1.54) is 23.9 Å². The molecule has 124 valence electrons. The summed E-state index contributed by atoms with van der Waals surface area (Å²) < 4.78 is 1.76. The fourth-order valence-electron chi connectivity index (χ4n) is 3.37. The molecule has 1 saturated heterocycles. The molecule has 1 aliphatic heterocycles. The normalized spacial score (nSPS) is 18.9. The lowest BCUT2D eigenvalue weighted by molar-refractivity contribution is 0.100. The minimum absolute atomic E-state index is 0.243. The van der Waals surface area contributed by atoms with Gasteiger partial charge in [-0.15, -0.1) is 11.3 Å². The predicted octanol–water partition coefficient (Wildman–Crippen LogP) is 2.01. The van der Waals surface area contributed by atoms with Crippen LogP contribution in [0.3, 0.4) is 0 Å². The summed E-state index contributed by atoms with van der Waals surface area (Å²) in [7, 11) is 0. The van der Waals surface area contributed by atoms with E-state index >= 15 is 0 Å². The fraction of sp³-hybridized carbons (Fsp3) is 0.375. The summed E-state index contributed by atoms with van der Waals surface area (Å²) in [6, 6.07) is 2.23. The molecule has 1 fully saturated rings. The van der Waals surface area contributed by atoms with Gasteiger partial charge in [-0.1, -0.05) is 6.42 Å². The van der Waals surface area contributed by atoms with Crippen molar-refractivity contribution >= 4 is 22.9 Å². The van der Waals surface area contributed by atoms with Crippen LogP contribution in [0.15, 0.2) is 30.2 Å². The second-order valence-corrected chi connectivity index (χ2v) is 6.95. The molecule has 3 aromatic rings. The van der Waals surface area contributed by atoms with Crippen LogP contribution < -0.4 is 5.73 Å². The maximum absolute atomic E-state index is 11.6. The van der Waals surface area contributed by atoms with Gasteiger partial charge in [-0.25, -0.2) is 9.50 Å². The molecule has 1 aliphatic rings. The van der Waals surface area contributed by atoms with Gasteiger partial charge in [0, 0.05) is 23.8 Å². The molecule has 7 nitrogen and oxygen atoms in total. The molecule has 4 rings (SSSR count). The first-order chi connectivity index (χ1) is 11.7. The lowest BCUT2D eigenvalue weighted by Gasteiger charge is -2.35. The molecule has 1 amide bonds. The number of primary amides is 1. The summed E-state index contributed by atoms with van der Waals surface area (Å²) in [4.78, 5) is 23.7. The molecule has 0 unspecified atom stereocenters. The average molecular weight is 342 g/mol. The van der Waals surface area contributed by atoms with Crippen molar-refractivity contribution in [3.63, 3.8) is 0 Å². The second-order valence-electron chi connectivity index (χ2n) is 5.98. The summed E-state index contributed by atoms with van der Waals surface area (Å²) in [6.07, 6.45) is 8.59. The molecule has 8 heteroatoms. The highest BCUT2D eigenvalue weighted by Crippen LogP contribution is 2.32. The van der Waals surface area contributed by atoms with Gasteiger partial charge in [0.1, 0.15) is 5.56 Å². The van der Waals surface area contributed by atoms with Crippen LogP contribution >= 0.6 is 11.3 Å². The number of amides is 1. The Labute approximate surface area is 143 Å². The highest BCUT2D eigenvalue weighted by Gasteiger charge is 2.27. The third kappa shape index (κ3) is 2.67. The van der Waals surface area contributed by atoms with Crippen LogP contribution in [-0.2, 0) is 6.54 Å². The Hall–Kier alpha value is -2.32. The standard InChI is InChI=1S/C16H18N6OS/c17-15(23)12-8-20-22-14(4-5-19-16(12)22)13-3-1-2-6-21(13)9-11-7-18-10-24-11/h4-5,7-8,10,13H,1-3,6,9H2,(H2,17,23)/t13-/m0/s1. The number of nitrogens with zero attached hydrogens (tertiary/aromatic N) is 5. The zero-order valence-electron chi connectivity index (χ0n) is 13.1. The molecule has 0 saturated carbocycles. The van der Waals surface area contributed by atoms with E-state index in [9.17, 15) is 4.79 Å². The van der Waals surface area contributed by atoms with Crippen molar-refractivity contribution in [1.29, 1.82) is 0 Å². The summed E-state index contributed by atoms with van der Waals surface area (Å²) in [5.74, 6) is -0.500. The number of rotatable bonds is 4. The molecule has 3 aromatic heterocycles. The number of fused-ring (bicyclic) bond motifs is 1. The van der Waals surface area contributed by atoms with Gasteiger partial charge in [0.15, 0.2) is 5.65 Å². The second kappa shape index (κ2) is 6.29. The van der Waals surface area contributed by atoms with E-state index in [1.807, 2.05) is 17.8 Å². The van der Waals surface area contributed by atoms with Crippen LogP contribution in [0.4, 0.5) is 0 Å². The maximum atomic E-state index is 11.6. The number of carbonyl (C=O) groups excluding carboxylic acids is 1. The highest BCUT2D eigenvalue weighted by molar-refractivity contribution is 7.09. The molecule has 4 heterocycles. The molecular formula is C16H18N6OS. The molecule has 0 bridgehead atoms. The van der Waals surface area contributed by atoms with Crippen LogP contribution in [0.2, 0.25) is 0 Å². The largest absolute Gasteiger partial charge is 0.365 e. The van der Waals surface area contributed by atoms with Gasteiger partial charge in [-0.3, -0.25) is 14.7 Å². The van der Waals surface area contributed by atoms with E-state index in [1.54, 1.807) is 22.0 Å². The monoisotopic (exact) mass is 342 g/mol. The van der Waals surface area contributed by atoms with Crippen molar-refractivity contribution in [3.05, 3.63) is 46.3 Å². The molecule has 0 aliphatic carbocycles. The van der Waals surface area contributed by atoms with Gasteiger partial charge in [0.05, 0.1) is 23.4 Å². The minimum Gasteiger partial charge on any atom is -0.365 e. The lowest BCUT2D eigenvalue weighted by Crippen LogP contribution is -2.34. The number of piperidine rings is 1. The maximum Gasteiger partial charge on any atom is 0.254 e. The molecule has 0 spiro atoms. The third-order valence-electron chi connectivity index (χ3n) is 4.49. The third-order valence-corrected chi connectivity index (χ3v) is 5.26. The Kier molecular flexibility index (Phi) is 3.99. The van der Waals surface area contributed by atoms with Gasteiger partial charge >= 0.3 is 0 Å². The Morgan fingerprint density at radius 3 is 3.08 bits per heavy atom. The van der Waals surface area contributed by atoms with Crippen molar-refractivity contribution in [2.24, 2.45) is 5.73 Å². The van der Waals surface area contributed by atoms with Gasteiger partial charge in [-0.2, -0.15) is 5.10 Å². The zero-order chi connectivity index (χ0) is 16.5. The van der Waals surface area contributed by atoms with Gasteiger partial charge in [0.25, 0.3) is 5.91 Å². The van der Waals surface area contributed by atoms with Crippen LogP contribution in [0.5, 0.6) is 0 Å². The van der Waals surface area contributed by atoms with Gasteiger partial charge in [0.2, 0.25) is 0 Å². The molecule has 2 N–H and O–H groups in total. The Morgan fingerprint density at radius 2 is 2.29 bits per heavy atom. The molecule has 0 radical (unpaired) electrons. The van der Waals surface area contributed by atoms with Crippen LogP contribution in [-0.4, -0.2) is 36.9 Å². The van der Waals surface area contributed by atoms with E-state index in [-0.39, 0.29) is 6.04 Å². The van der Waals surface area contributed by atoms with Crippen LogP contribution in [0.1, 0.15) is 46.2 Å². The lowest BCUT2D eigenvalue weighted by atomic mass is 9.99. The number of likely N-dealkylation sites (tertiary alicyclic amines) is 1. The van der Waals surface area contributed by atoms with Crippen molar-refractivity contribution in [2.75, 3.05) is 6.54 Å². The van der Waals surface area contributed by atoms with Crippen molar-refractivity contribution in [1.82, 2.24) is 24.5 Å². The van der Waals surface area contributed by atoms with Crippen LogP contribution in [0.25, 0.3) is 5.65 Å². The van der Waals surface area contributed by atoms with E-state index < -0.39 is 5.91 Å². The number of thiazole rings is 1. The summed E-state index contributed by atoms with van der Waals surface area (Å²) >= 11 is 1.68. The quantitative estimate of drug-likeness (QED) is 0.783. The number of carbonyl (C=O) groups is 1. The average Bonchev–Trinajstić information content (AvgIpc) is 3.24. The Bertz CT molecular complexity index is 859. The van der Waals surface area contributed by atoms with E-state index in [0.717, 1.165) is 25.2 Å². The summed E-state index contributed by atoms with van der Waals surface area (Å²) in [6.45, 7) is 1.92. The summed E-state index contributed by atoms with van der Waals surface area (Å²) in [5.41, 5.74) is 9.23. The van der Waals surface area contributed by atoms with Crippen molar-refractivity contribution in [3.8, 4) is 0 Å². The predicted molar refractivity (Wildman–Crippen MR) is 90.6 cm³/mol. The van der Waals surface area contributed by atoms with E-state index in [4.69, 9.17) is 5.73 Å². The number of hydrogen-bond donors (Lipinski definition) is 1. The molecule has 0 aromatic carbocycles. The molecule has 1 atom stereocenters.